The van der Waals surface area contributed by atoms with Crippen LogP contribution in [0, 0.1) is 13.8 Å². The van der Waals surface area contributed by atoms with E-state index in [0.717, 1.165) is 37.4 Å². The normalized spacial score (nSPS) is 12.6. The molecule has 0 atom stereocenters. The Labute approximate surface area is 110 Å². The molecule has 0 N–H and O–H groups in total. The first-order chi connectivity index (χ1) is 8.16. The maximum atomic E-state index is 6.21. The Morgan fingerprint density at radius 3 is 2.76 bits per heavy atom. The van der Waals surface area contributed by atoms with Gasteiger partial charge in [-0.2, -0.15) is 0 Å². The van der Waals surface area contributed by atoms with E-state index in [1.807, 2.05) is 38.1 Å². The van der Waals surface area contributed by atoms with Crippen LogP contribution in [0.25, 0.3) is 0 Å². The Hall–Kier alpha value is -1.12. The van der Waals surface area contributed by atoms with Gasteiger partial charge in [-0.25, -0.2) is 0 Å². The number of hydrogen-bond donors (Lipinski definition) is 0. The lowest BCUT2D eigenvalue weighted by molar-refractivity contribution is 0.450. The smallest absolute Gasteiger partial charge is 0.144 e. The average molecular weight is 263 g/mol. The van der Waals surface area contributed by atoms with Crippen LogP contribution >= 0.6 is 23.4 Å². The molecule has 86 valence electrons. The van der Waals surface area contributed by atoms with Crippen molar-refractivity contribution in [3.63, 3.8) is 0 Å². The molecule has 2 aromatic carbocycles. The highest BCUT2D eigenvalue weighted by Gasteiger charge is 2.22. The minimum absolute atomic E-state index is 0.803. The van der Waals surface area contributed by atoms with Gasteiger partial charge < -0.3 is 4.74 Å². The topological polar surface area (TPSA) is 9.23 Å². The summed E-state index contributed by atoms with van der Waals surface area (Å²) in [5.74, 6) is 1.87. The third kappa shape index (κ3) is 1.72. The molecule has 1 aliphatic rings. The number of ether oxygens (including phenoxy) is 1. The zero-order valence-corrected chi connectivity index (χ0v) is 11.2. The molecular weight excluding hydrogens is 252 g/mol. The number of aryl methyl sites for hydroxylation is 1. The van der Waals surface area contributed by atoms with Crippen molar-refractivity contribution in [1.82, 2.24) is 0 Å². The third-order valence-corrected chi connectivity index (χ3v) is 4.53. The first-order valence-corrected chi connectivity index (χ1v) is 6.60. The van der Waals surface area contributed by atoms with Crippen molar-refractivity contribution in [2.75, 3.05) is 0 Å². The molecule has 1 heterocycles. The molecule has 0 spiro atoms. The van der Waals surface area contributed by atoms with E-state index in [2.05, 4.69) is 6.07 Å². The van der Waals surface area contributed by atoms with Crippen LogP contribution in [-0.2, 0) is 0 Å². The summed E-state index contributed by atoms with van der Waals surface area (Å²) in [6.45, 7) is 4.06. The SMILES string of the molecule is Cc1cc(Cl)c(C)c2c1Oc1ccccc1S2. The highest BCUT2D eigenvalue weighted by Crippen LogP contribution is 2.50. The van der Waals surface area contributed by atoms with Crippen LogP contribution in [-0.4, -0.2) is 0 Å². The van der Waals surface area contributed by atoms with E-state index in [4.69, 9.17) is 16.3 Å². The van der Waals surface area contributed by atoms with E-state index >= 15 is 0 Å². The summed E-state index contributed by atoms with van der Waals surface area (Å²) >= 11 is 7.94. The molecule has 0 bridgehead atoms. The summed E-state index contributed by atoms with van der Waals surface area (Å²) in [5.41, 5.74) is 2.17. The summed E-state index contributed by atoms with van der Waals surface area (Å²) in [7, 11) is 0. The molecule has 3 heteroatoms. The van der Waals surface area contributed by atoms with Gasteiger partial charge in [0.1, 0.15) is 11.5 Å². The maximum Gasteiger partial charge on any atom is 0.144 e. The molecule has 17 heavy (non-hydrogen) atoms. The van der Waals surface area contributed by atoms with Gasteiger partial charge in [-0.05, 0) is 43.2 Å². The molecule has 0 aliphatic carbocycles. The number of hydrogen-bond acceptors (Lipinski definition) is 2. The number of benzene rings is 2. The minimum atomic E-state index is 0.803. The fourth-order valence-electron chi connectivity index (χ4n) is 1.91. The Morgan fingerprint density at radius 1 is 1.18 bits per heavy atom. The summed E-state index contributed by atoms with van der Waals surface area (Å²) < 4.78 is 5.96. The van der Waals surface area contributed by atoms with Gasteiger partial charge in [-0.3, -0.25) is 0 Å². The molecule has 1 nitrogen and oxygen atoms in total. The number of fused-ring (bicyclic) bond motifs is 2. The second kappa shape index (κ2) is 3.97. The molecule has 2 aromatic rings. The highest BCUT2D eigenvalue weighted by molar-refractivity contribution is 7.99. The lowest BCUT2D eigenvalue weighted by atomic mass is 10.1. The maximum absolute atomic E-state index is 6.21. The number of para-hydroxylation sites is 1. The van der Waals surface area contributed by atoms with E-state index in [-0.39, 0.29) is 0 Å². The Morgan fingerprint density at radius 2 is 1.94 bits per heavy atom. The van der Waals surface area contributed by atoms with Crippen LogP contribution in [0.5, 0.6) is 11.5 Å². The van der Waals surface area contributed by atoms with Crippen LogP contribution < -0.4 is 4.74 Å². The van der Waals surface area contributed by atoms with Crippen molar-refractivity contribution in [3.05, 3.63) is 46.5 Å². The first-order valence-electron chi connectivity index (χ1n) is 5.41. The van der Waals surface area contributed by atoms with Gasteiger partial charge in [0.2, 0.25) is 0 Å². The molecule has 0 radical (unpaired) electrons. The summed E-state index contributed by atoms with van der Waals surface area (Å²) in [6.07, 6.45) is 0. The number of rotatable bonds is 0. The van der Waals surface area contributed by atoms with Crippen molar-refractivity contribution in [2.45, 2.75) is 23.6 Å². The van der Waals surface area contributed by atoms with Crippen molar-refractivity contribution >= 4 is 23.4 Å². The van der Waals surface area contributed by atoms with Gasteiger partial charge in [-0.1, -0.05) is 35.5 Å². The third-order valence-electron chi connectivity index (χ3n) is 2.88. The quantitative estimate of drug-likeness (QED) is 0.550. The molecule has 0 saturated carbocycles. The van der Waals surface area contributed by atoms with Crippen LogP contribution in [0.4, 0.5) is 0 Å². The summed E-state index contributed by atoms with van der Waals surface area (Å²) in [4.78, 5) is 2.28. The highest BCUT2D eigenvalue weighted by atomic mass is 35.5. The first kappa shape index (κ1) is 11.0. The Balaban J connectivity index is 2.21. The molecule has 0 aromatic heterocycles. The van der Waals surface area contributed by atoms with E-state index in [9.17, 15) is 0 Å². The van der Waals surface area contributed by atoms with Crippen molar-refractivity contribution in [2.24, 2.45) is 0 Å². The van der Waals surface area contributed by atoms with Crippen LogP contribution in [0.1, 0.15) is 11.1 Å². The van der Waals surface area contributed by atoms with Crippen LogP contribution in [0.15, 0.2) is 40.1 Å². The van der Waals surface area contributed by atoms with Gasteiger partial charge in [-0.15, -0.1) is 0 Å². The molecule has 0 amide bonds. The number of halogens is 1. The molecule has 0 unspecified atom stereocenters. The van der Waals surface area contributed by atoms with E-state index in [1.165, 1.54) is 0 Å². The fourth-order valence-corrected chi connectivity index (χ4v) is 3.36. The standard InChI is InChI=1S/C14H11ClOS/c1-8-7-10(15)9(2)14-13(8)16-11-5-3-4-6-12(11)17-14/h3-7H,1-2H3. The van der Waals surface area contributed by atoms with Gasteiger partial charge >= 0.3 is 0 Å². The van der Waals surface area contributed by atoms with E-state index < -0.39 is 0 Å². The zero-order valence-electron chi connectivity index (χ0n) is 9.58. The molecule has 0 fully saturated rings. The van der Waals surface area contributed by atoms with Gasteiger partial charge in [0.05, 0.1) is 9.79 Å². The summed E-state index contributed by atoms with van der Waals surface area (Å²) in [6, 6.07) is 10.0. The van der Waals surface area contributed by atoms with Crippen LogP contribution in [0.3, 0.4) is 0 Å². The van der Waals surface area contributed by atoms with Gasteiger partial charge in [0, 0.05) is 5.02 Å². The lowest BCUT2D eigenvalue weighted by Gasteiger charge is -2.23. The zero-order chi connectivity index (χ0) is 12.0. The van der Waals surface area contributed by atoms with Crippen LogP contribution in [0.2, 0.25) is 5.02 Å². The average Bonchev–Trinajstić information content (AvgIpc) is 2.34. The van der Waals surface area contributed by atoms with Crippen molar-refractivity contribution < 1.29 is 4.74 Å². The van der Waals surface area contributed by atoms with E-state index in [1.54, 1.807) is 11.8 Å². The van der Waals surface area contributed by atoms with E-state index in [0.29, 0.717) is 0 Å². The predicted octanol–water partition coefficient (Wildman–Crippen LogP) is 5.21. The largest absolute Gasteiger partial charge is 0.455 e. The van der Waals surface area contributed by atoms with Gasteiger partial charge in [0.15, 0.2) is 0 Å². The lowest BCUT2D eigenvalue weighted by Crippen LogP contribution is -1.99. The second-order valence-corrected chi connectivity index (χ2v) is 5.57. The Bertz CT molecular complexity index is 607. The minimum Gasteiger partial charge on any atom is -0.455 e. The molecular formula is C14H11ClOS. The molecule has 1 aliphatic heterocycles. The monoisotopic (exact) mass is 262 g/mol. The van der Waals surface area contributed by atoms with Crippen molar-refractivity contribution in [3.8, 4) is 11.5 Å². The fraction of sp³-hybridized carbons (Fsp3) is 0.143. The van der Waals surface area contributed by atoms with Gasteiger partial charge in [0.25, 0.3) is 0 Å². The summed E-state index contributed by atoms with van der Waals surface area (Å²) in [5, 5.41) is 0.803. The van der Waals surface area contributed by atoms with Crippen molar-refractivity contribution in [1.29, 1.82) is 0 Å². The molecule has 0 saturated heterocycles. The second-order valence-electron chi connectivity index (χ2n) is 4.11. The molecule has 3 rings (SSSR count). The Kier molecular flexibility index (Phi) is 2.57. The predicted molar refractivity (Wildman–Crippen MR) is 71.6 cm³/mol.